The molecule has 0 spiro atoms. The first-order chi connectivity index (χ1) is 5.85. The minimum atomic E-state index is 0.745. The van der Waals surface area contributed by atoms with Gasteiger partial charge in [-0.1, -0.05) is 13.3 Å². The van der Waals surface area contributed by atoms with Gasteiger partial charge in [0.25, 0.3) is 0 Å². The standard InChI is InChI=1S/C10H19NS/c1-2-3-10(4-5-10)8-11-9-6-12-7-9/h9,11H,2-8H2,1H3. The summed E-state index contributed by atoms with van der Waals surface area (Å²) in [5.74, 6) is 2.70. The van der Waals surface area contributed by atoms with E-state index in [1.54, 1.807) is 0 Å². The zero-order valence-corrected chi connectivity index (χ0v) is 8.75. The van der Waals surface area contributed by atoms with Crippen molar-refractivity contribution in [3.8, 4) is 0 Å². The maximum Gasteiger partial charge on any atom is 0.0249 e. The van der Waals surface area contributed by atoms with E-state index >= 15 is 0 Å². The van der Waals surface area contributed by atoms with Crippen molar-refractivity contribution < 1.29 is 0 Å². The Bertz CT molecular complexity index is 150. The molecule has 12 heavy (non-hydrogen) atoms. The van der Waals surface area contributed by atoms with Crippen LogP contribution in [0.1, 0.15) is 32.6 Å². The lowest BCUT2D eigenvalue weighted by Crippen LogP contribution is -2.43. The number of rotatable bonds is 5. The molecule has 2 fully saturated rings. The van der Waals surface area contributed by atoms with Crippen molar-refractivity contribution in [2.24, 2.45) is 5.41 Å². The highest BCUT2D eigenvalue weighted by Gasteiger charge is 2.41. The van der Waals surface area contributed by atoms with Crippen LogP contribution in [0.2, 0.25) is 0 Å². The van der Waals surface area contributed by atoms with Crippen LogP contribution in [0.5, 0.6) is 0 Å². The Morgan fingerprint density at radius 2 is 2.17 bits per heavy atom. The summed E-state index contributed by atoms with van der Waals surface area (Å²) < 4.78 is 0. The quantitative estimate of drug-likeness (QED) is 0.705. The molecule has 1 aliphatic heterocycles. The van der Waals surface area contributed by atoms with Crippen LogP contribution in [-0.2, 0) is 0 Å². The van der Waals surface area contributed by atoms with E-state index in [-0.39, 0.29) is 0 Å². The zero-order valence-electron chi connectivity index (χ0n) is 7.94. The Morgan fingerprint density at radius 1 is 1.42 bits per heavy atom. The predicted octanol–water partition coefficient (Wildman–Crippen LogP) is 2.27. The molecule has 0 bridgehead atoms. The number of hydrogen-bond donors (Lipinski definition) is 1. The lowest BCUT2D eigenvalue weighted by molar-refractivity contribution is 0.401. The summed E-state index contributed by atoms with van der Waals surface area (Å²) >= 11 is 2.07. The third-order valence-corrected chi connectivity index (χ3v) is 4.42. The number of hydrogen-bond acceptors (Lipinski definition) is 2. The maximum atomic E-state index is 3.69. The highest BCUT2D eigenvalue weighted by Crippen LogP contribution is 2.49. The fourth-order valence-electron chi connectivity index (χ4n) is 1.94. The summed E-state index contributed by atoms with van der Waals surface area (Å²) in [5.41, 5.74) is 0.745. The molecule has 0 atom stereocenters. The van der Waals surface area contributed by atoms with Crippen LogP contribution in [0.3, 0.4) is 0 Å². The van der Waals surface area contributed by atoms with Gasteiger partial charge in [-0.25, -0.2) is 0 Å². The molecule has 0 unspecified atom stereocenters. The van der Waals surface area contributed by atoms with Crippen molar-refractivity contribution in [1.29, 1.82) is 0 Å². The lowest BCUT2D eigenvalue weighted by atomic mass is 10.0. The summed E-state index contributed by atoms with van der Waals surface area (Å²) in [6, 6.07) is 0.851. The predicted molar refractivity (Wildman–Crippen MR) is 55.7 cm³/mol. The fraction of sp³-hybridized carbons (Fsp3) is 1.00. The van der Waals surface area contributed by atoms with Gasteiger partial charge in [-0.05, 0) is 24.7 Å². The highest BCUT2D eigenvalue weighted by atomic mass is 32.2. The maximum absolute atomic E-state index is 3.69. The van der Waals surface area contributed by atoms with E-state index in [4.69, 9.17) is 0 Å². The van der Waals surface area contributed by atoms with Crippen LogP contribution < -0.4 is 5.32 Å². The molecule has 1 heterocycles. The van der Waals surface area contributed by atoms with Crippen molar-refractivity contribution in [3.63, 3.8) is 0 Å². The third kappa shape index (κ3) is 1.97. The molecule has 0 aromatic carbocycles. The van der Waals surface area contributed by atoms with Gasteiger partial charge in [-0.3, -0.25) is 0 Å². The molecule has 2 aliphatic rings. The van der Waals surface area contributed by atoms with Gasteiger partial charge in [-0.2, -0.15) is 11.8 Å². The lowest BCUT2D eigenvalue weighted by Gasteiger charge is -2.28. The van der Waals surface area contributed by atoms with Gasteiger partial charge in [0.05, 0.1) is 0 Å². The van der Waals surface area contributed by atoms with Gasteiger partial charge >= 0.3 is 0 Å². The Balaban J connectivity index is 1.64. The number of thioether (sulfide) groups is 1. The van der Waals surface area contributed by atoms with Crippen molar-refractivity contribution in [3.05, 3.63) is 0 Å². The molecule has 1 saturated carbocycles. The molecule has 2 heteroatoms. The summed E-state index contributed by atoms with van der Waals surface area (Å²) in [6.45, 7) is 3.60. The minimum Gasteiger partial charge on any atom is -0.312 e. The molecule has 1 nitrogen and oxygen atoms in total. The normalized spacial score (nSPS) is 26.8. The largest absolute Gasteiger partial charge is 0.312 e. The van der Waals surface area contributed by atoms with Gasteiger partial charge in [0, 0.05) is 24.1 Å². The van der Waals surface area contributed by atoms with Gasteiger partial charge in [0.15, 0.2) is 0 Å². The van der Waals surface area contributed by atoms with Crippen LogP contribution in [0.15, 0.2) is 0 Å². The molecule has 0 aromatic rings. The Hall–Kier alpha value is 0.310. The Labute approximate surface area is 79.7 Å². The van der Waals surface area contributed by atoms with Gasteiger partial charge < -0.3 is 5.32 Å². The van der Waals surface area contributed by atoms with Gasteiger partial charge in [-0.15, -0.1) is 0 Å². The Morgan fingerprint density at radius 3 is 2.58 bits per heavy atom. The van der Waals surface area contributed by atoms with Crippen LogP contribution in [0, 0.1) is 5.41 Å². The molecule has 0 amide bonds. The van der Waals surface area contributed by atoms with Crippen molar-refractivity contribution in [2.75, 3.05) is 18.1 Å². The van der Waals surface area contributed by atoms with Crippen molar-refractivity contribution >= 4 is 11.8 Å². The molecular formula is C10H19NS. The van der Waals surface area contributed by atoms with E-state index in [2.05, 4.69) is 24.0 Å². The summed E-state index contributed by atoms with van der Waals surface area (Å²) in [4.78, 5) is 0. The zero-order chi connectivity index (χ0) is 8.44. The van der Waals surface area contributed by atoms with E-state index in [0.717, 1.165) is 11.5 Å². The molecule has 1 aliphatic carbocycles. The third-order valence-electron chi connectivity index (χ3n) is 3.14. The van der Waals surface area contributed by atoms with Gasteiger partial charge in [0.1, 0.15) is 0 Å². The number of nitrogens with one attached hydrogen (secondary N) is 1. The van der Waals surface area contributed by atoms with Crippen LogP contribution in [-0.4, -0.2) is 24.1 Å². The second-order valence-corrected chi connectivity index (χ2v) is 5.44. The van der Waals surface area contributed by atoms with E-state index in [0.29, 0.717) is 0 Å². The van der Waals surface area contributed by atoms with E-state index in [9.17, 15) is 0 Å². The summed E-state index contributed by atoms with van der Waals surface area (Å²) in [6.07, 6.45) is 5.77. The molecule has 1 N–H and O–H groups in total. The van der Waals surface area contributed by atoms with Crippen molar-refractivity contribution in [1.82, 2.24) is 5.32 Å². The second-order valence-electron chi connectivity index (χ2n) is 4.37. The average Bonchev–Trinajstić information content (AvgIpc) is 2.67. The first-order valence-electron chi connectivity index (χ1n) is 5.16. The van der Waals surface area contributed by atoms with Crippen LogP contribution in [0.25, 0.3) is 0 Å². The molecular weight excluding hydrogens is 166 g/mol. The van der Waals surface area contributed by atoms with Crippen LogP contribution >= 0.6 is 11.8 Å². The molecule has 1 saturated heterocycles. The topological polar surface area (TPSA) is 12.0 Å². The SMILES string of the molecule is CCCC1(CNC2CSC2)CC1. The van der Waals surface area contributed by atoms with E-state index < -0.39 is 0 Å². The van der Waals surface area contributed by atoms with E-state index in [1.807, 2.05) is 0 Å². The first kappa shape index (κ1) is 8.89. The summed E-state index contributed by atoms with van der Waals surface area (Å²) in [7, 11) is 0. The fourth-order valence-corrected chi connectivity index (χ4v) is 2.64. The van der Waals surface area contributed by atoms with Crippen LogP contribution in [0.4, 0.5) is 0 Å². The first-order valence-corrected chi connectivity index (χ1v) is 6.31. The average molecular weight is 185 g/mol. The summed E-state index contributed by atoms with van der Waals surface area (Å²) in [5, 5.41) is 3.69. The second kappa shape index (κ2) is 3.59. The van der Waals surface area contributed by atoms with Crippen molar-refractivity contribution in [2.45, 2.75) is 38.6 Å². The molecule has 70 valence electrons. The molecule has 2 rings (SSSR count). The smallest absolute Gasteiger partial charge is 0.0249 e. The molecule has 0 radical (unpaired) electrons. The molecule has 0 aromatic heterocycles. The van der Waals surface area contributed by atoms with E-state index in [1.165, 1.54) is 43.7 Å². The monoisotopic (exact) mass is 185 g/mol. The van der Waals surface area contributed by atoms with Gasteiger partial charge in [0.2, 0.25) is 0 Å². The minimum absolute atomic E-state index is 0.745. The Kier molecular flexibility index (Phi) is 2.66. The highest BCUT2D eigenvalue weighted by molar-refractivity contribution is 8.00.